The Morgan fingerprint density at radius 1 is 0.650 bits per heavy atom. The van der Waals surface area contributed by atoms with Gasteiger partial charge >= 0.3 is 0 Å². The maximum Gasteiger partial charge on any atom is 0.218 e. The zero-order valence-electron chi connectivity index (χ0n) is 23.4. The van der Waals surface area contributed by atoms with Crippen molar-refractivity contribution in [3.05, 3.63) is 149 Å². The monoisotopic (exact) mass is 520 g/mol. The Hall–Kier alpha value is -4.63. The molecule has 196 valence electrons. The Morgan fingerprint density at radius 2 is 1.30 bits per heavy atom. The van der Waals surface area contributed by atoms with Crippen molar-refractivity contribution in [1.82, 2.24) is 9.97 Å². The van der Waals surface area contributed by atoms with Gasteiger partial charge < -0.3 is 0 Å². The van der Waals surface area contributed by atoms with E-state index >= 15 is 0 Å². The second-order valence-electron chi connectivity index (χ2n) is 10.7. The van der Waals surface area contributed by atoms with Crippen LogP contribution in [0.2, 0.25) is 0 Å². The first-order valence-electron chi connectivity index (χ1n) is 14.0. The van der Waals surface area contributed by atoms with Crippen LogP contribution >= 0.6 is 0 Å². The molecule has 3 aromatic heterocycles. The normalized spacial score (nSPS) is 13.3. The van der Waals surface area contributed by atoms with E-state index in [-0.39, 0.29) is 0 Å². The van der Waals surface area contributed by atoms with E-state index in [2.05, 4.69) is 121 Å². The standard InChI is InChI=1S/C37H34N3/c1-26-13-16-31(34-10-4-7-19-38-34)29(22-26)25-30-23-27(2)14-17-32(30)36-12-6-9-21-40(36)37-24-28(3)15-18-33(37)35-11-5-8-20-39-35/h4-14,16-17,19-24H,15,18,25H2,1-3H3/q+1. The van der Waals surface area contributed by atoms with Crippen molar-refractivity contribution in [2.24, 2.45) is 0 Å². The van der Waals surface area contributed by atoms with Gasteiger partial charge in [-0.25, -0.2) is 0 Å². The molecule has 0 saturated heterocycles. The minimum absolute atomic E-state index is 0.820. The number of allylic oxidation sites excluding steroid dienone is 4. The van der Waals surface area contributed by atoms with Crippen LogP contribution in [0, 0.1) is 13.8 Å². The van der Waals surface area contributed by atoms with Crippen LogP contribution in [0.25, 0.3) is 33.8 Å². The molecule has 0 spiro atoms. The fourth-order valence-electron chi connectivity index (χ4n) is 5.70. The van der Waals surface area contributed by atoms with Gasteiger partial charge in [-0.2, -0.15) is 4.57 Å². The van der Waals surface area contributed by atoms with Crippen LogP contribution in [0.1, 0.15) is 47.7 Å². The van der Waals surface area contributed by atoms with E-state index in [0.717, 1.165) is 30.7 Å². The molecule has 5 aromatic rings. The summed E-state index contributed by atoms with van der Waals surface area (Å²) in [5.41, 5.74) is 14.6. The Balaban J connectivity index is 1.51. The zero-order valence-corrected chi connectivity index (χ0v) is 23.4. The van der Waals surface area contributed by atoms with E-state index in [4.69, 9.17) is 4.98 Å². The van der Waals surface area contributed by atoms with E-state index in [1.54, 1.807) is 0 Å². The summed E-state index contributed by atoms with van der Waals surface area (Å²) in [6, 6.07) is 32.4. The summed E-state index contributed by atoms with van der Waals surface area (Å²) >= 11 is 0. The summed E-state index contributed by atoms with van der Waals surface area (Å²) < 4.78 is 2.36. The first-order valence-corrected chi connectivity index (χ1v) is 14.0. The zero-order chi connectivity index (χ0) is 27.5. The molecule has 1 aliphatic carbocycles. The molecular formula is C37H34N3+. The molecule has 3 heterocycles. The molecule has 0 amide bonds. The summed E-state index contributed by atoms with van der Waals surface area (Å²) in [6.45, 7) is 6.57. The van der Waals surface area contributed by atoms with Crippen LogP contribution in [0.5, 0.6) is 0 Å². The van der Waals surface area contributed by atoms with Crippen LogP contribution in [0.3, 0.4) is 0 Å². The lowest BCUT2D eigenvalue weighted by Gasteiger charge is -2.17. The summed E-state index contributed by atoms with van der Waals surface area (Å²) in [5, 5.41) is 0. The molecule has 6 rings (SSSR count). The Bertz CT molecular complexity index is 1730. The fourth-order valence-corrected chi connectivity index (χ4v) is 5.70. The van der Waals surface area contributed by atoms with Crippen molar-refractivity contribution >= 4 is 11.3 Å². The van der Waals surface area contributed by atoms with Gasteiger partial charge in [0.05, 0.1) is 22.5 Å². The van der Waals surface area contributed by atoms with Gasteiger partial charge in [0.1, 0.15) is 0 Å². The molecule has 40 heavy (non-hydrogen) atoms. The number of nitrogens with zero attached hydrogens (tertiary/aromatic N) is 3. The number of hydrogen-bond donors (Lipinski definition) is 0. The lowest BCUT2D eigenvalue weighted by atomic mass is 9.90. The van der Waals surface area contributed by atoms with Gasteiger partial charge in [-0.15, -0.1) is 0 Å². The van der Waals surface area contributed by atoms with Gasteiger partial charge in [-0.3, -0.25) is 9.97 Å². The molecule has 0 N–H and O–H groups in total. The minimum Gasteiger partial charge on any atom is -0.256 e. The third-order valence-corrected chi connectivity index (χ3v) is 7.67. The SMILES string of the molecule is CC1=CC([n+]2ccccc2-c2ccc(C)cc2Cc2cc(C)ccc2-c2ccccn2)=C(c2ccccn2)CC1. The average Bonchev–Trinajstić information content (AvgIpc) is 2.98. The van der Waals surface area contributed by atoms with E-state index in [1.807, 2.05) is 24.5 Å². The first kappa shape index (κ1) is 25.6. The van der Waals surface area contributed by atoms with Gasteiger partial charge in [-0.05, 0) is 87.6 Å². The lowest BCUT2D eigenvalue weighted by molar-refractivity contribution is -0.566. The highest BCUT2D eigenvalue weighted by atomic mass is 15.0. The largest absolute Gasteiger partial charge is 0.256 e. The van der Waals surface area contributed by atoms with Gasteiger partial charge in [-0.1, -0.05) is 59.2 Å². The Morgan fingerprint density at radius 3 is 2.00 bits per heavy atom. The van der Waals surface area contributed by atoms with E-state index < -0.39 is 0 Å². The highest BCUT2D eigenvalue weighted by Gasteiger charge is 2.26. The maximum absolute atomic E-state index is 4.73. The molecule has 3 nitrogen and oxygen atoms in total. The topological polar surface area (TPSA) is 29.7 Å². The average molecular weight is 521 g/mol. The second-order valence-corrected chi connectivity index (χ2v) is 10.7. The van der Waals surface area contributed by atoms with Crippen LogP contribution in [-0.2, 0) is 6.42 Å². The Kier molecular flexibility index (Phi) is 7.20. The molecule has 0 bridgehead atoms. The summed E-state index contributed by atoms with van der Waals surface area (Å²) in [7, 11) is 0. The number of aryl methyl sites for hydroxylation is 2. The second kappa shape index (κ2) is 11.2. The predicted octanol–water partition coefficient (Wildman–Crippen LogP) is 8.41. The highest BCUT2D eigenvalue weighted by molar-refractivity contribution is 5.84. The smallest absolute Gasteiger partial charge is 0.218 e. The van der Waals surface area contributed by atoms with Crippen molar-refractivity contribution in [3.63, 3.8) is 0 Å². The number of rotatable bonds is 6. The predicted molar refractivity (Wildman–Crippen MR) is 164 cm³/mol. The summed E-state index contributed by atoms with van der Waals surface area (Å²) in [4.78, 5) is 9.41. The number of aromatic nitrogens is 3. The molecular weight excluding hydrogens is 486 g/mol. The number of hydrogen-bond acceptors (Lipinski definition) is 2. The molecule has 2 aromatic carbocycles. The number of benzene rings is 2. The van der Waals surface area contributed by atoms with Crippen molar-refractivity contribution < 1.29 is 4.57 Å². The first-order chi connectivity index (χ1) is 19.6. The van der Waals surface area contributed by atoms with E-state index in [9.17, 15) is 0 Å². The van der Waals surface area contributed by atoms with Crippen LogP contribution in [0.4, 0.5) is 0 Å². The van der Waals surface area contributed by atoms with E-state index in [1.165, 1.54) is 55.9 Å². The molecule has 0 unspecified atom stereocenters. The van der Waals surface area contributed by atoms with Crippen LogP contribution < -0.4 is 4.57 Å². The Labute approximate surface area is 237 Å². The highest BCUT2D eigenvalue weighted by Crippen LogP contribution is 2.34. The van der Waals surface area contributed by atoms with Crippen molar-refractivity contribution in [1.29, 1.82) is 0 Å². The molecule has 3 heteroatoms. The molecule has 1 aliphatic rings. The van der Waals surface area contributed by atoms with Gasteiger partial charge in [0.15, 0.2) is 6.20 Å². The van der Waals surface area contributed by atoms with Crippen LogP contribution in [-0.4, -0.2) is 9.97 Å². The van der Waals surface area contributed by atoms with Gasteiger partial charge in [0.25, 0.3) is 0 Å². The molecule has 0 fully saturated rings. The van der Waals surface area contributed by atoms with Crippen molar-refractivity contribution in [2.45, 2.75) is 40.0 Å². The summed E-state index contributed by atoms with van der Waals surface area (Å²) in [5.74, 6) is 0. The maximum atomic E-state index is 4.73. The van der Waals surface area contributed by atoms with Crippen LogP contribution in [0.15, 0.2) is 121 Å². The summed E-state index contributed by atoms with van der Waals surface area (Å²) in [6.07, 6.45) is 11.1. The third kappa shape index (κ3) is 5.28. The molecule has 0 radical (unpaired) electrons. The molecule has 0 saturated carbocycles. The van der Waals surface area contributed by atoms with Crippen molar-refractivity contribution in [3.8, 4) is 22.5 Å². The van der Waals surface area contributed by atoms with E-state index in [0.29, 0.717) is 0 Å². The van der Waals surface area contributed by atoms with Gasteiger partial charge in [0.2, 0.25) is 11.4 Å². The fraction of sp³-hybridized carbons (Fsp3) is 0.162. The number of pyridine rings is 3. The lowest BCUT2D eigenvalue weighted by Crippen LogP contribution is -2.35. The molecule has 0 aliphatic heterocycles. The molecule has 0 atom stereocenters. The van der Waals surface area contributed by atoms with Gasteiger partial charge in [0, 0.05) is 36.2 Å². The minimum atomic E-state index is 0.820. The quantitative estimate of drug-likeness (QED) is 0.210. The van der Waals surface area contributed by atoms with Crippen molar-refractivity contribution in [2.75, 3.05) is 0 Å². The third-order valence-electron chi connectivity index (χ3n) is 7.67.